The number of carbonyl (C=O) groups is 2. The van der Waals surface area contributed by atoms with Gasteiger partial charge in [-0.3, -0.25) is 4.90 Å². The summed E-state index contributed by atoms with van der Waals surface area (Å²) >= 11 is 0. The molecule has 1 saturated heterocycles. The third kappa shape index (κ3) is 2.31. The van der Waals surface area contributed by atoms with E-state index < -0.39 is 30.3 Å². The molecule has 1 amide bonds. The van der Waals surface area contributed by atoms with Crippen LogP contribution in [0.5, 0.6) is 0 Å². The first-order valence-electron chi connectivity index (χ1n) is 4.62. The number of ether oxygens (including phenoxy) is 1. The molecule has 0 bridgehead atoms. The van der Waals surface area contributed by atoms with E-state index in [4.69, 9.17) is 14.9 Å². The van der Waals surface area contributed by atoms with Crippen molar-refractivity contribution in [3.05, 3.63) is 12.7 Å². The summed E-state index contributed by atoms with van der Waals surface area (Å²) in [6, 6.07) is -1.48. The van der Waals surface area contributed by atoms with Gasteiger partial charge in [-0.15, -0.1) is 6.58 Å². The summed E-state index contributed by atoms with van der Waals surface area (Å²) < 4.78 is 5.09. The number of carboxylic acids is 1. The van der Waals surface area contributed by atoms with Gasteiger partial charge in [0, 0.05) is 0 Å². The molecule has 90 valence electrons. The molecule has 0 spiro atoms. The van der Waals surface area contributed by atoms with Crippen LogP contribution in [0.4, 0.5) is 4.79 Å². The lowest BCUT2D eigenvalue weighted by molar-refractivity contribution is -0.145. The molecule has 7 nitrogen and oxygen atoms in total. The number of nitrogens with zero attached hydrogens (tertiary/aromatic N) is 1. The second kappa shape index (κ2) is 4.95. The SMILES string of the molecule is C=CCOC1CN(C(=O)O)C(C(=O)O)C1O. The smallest absolute Gasteiger partial charge is 0.408 e. The molecule has 0 radical (unpaired) electrons. The number of aliphatic carboxylic acids is 1. The summed E-state index contributed by atoms with van der Waals surface area (Å²) in [6.07, 6.45) is -2.16. The molecule has 0 aromatic rings. The fourth-order valence-electron chi connectivity index (χ4n) is 1.62. The van der Waals surface area contributed by atoms with Gasteiger partial charge in [0.2, 0.25) is 0 Å². The van der Waals surface area contributed by atoms with Crippen LogP contribution in [0.1, 0.15) is 0 Å². The summed E-state index contributed by atoms with van der Waals surface area (Å²) in [5.41, 5.74) is 0. The van der Waals surface area contributed by atoms with Gasteiger partial charge in [0.05, 0.1) is 13.2 Å². The van der Waals surface area contributed by atoms with Gasteiger partial charge in [0.25, 0.3) is 0 Å². The van der Waals surface area contributed by atoms with Gasteiger partial charge in [0.15, 0.2) is 6.04 Å². The van der Waals surface area contributed by atoms with Crippen molar-refractivity contribution in [1.29, 1.82) is 0 Å². The van der Waals surface area contributed by atoms with Crippen LogP contribution in [-0.4, -0.2) is 63.7 Å². The maximum atomic E-state index is 10.8. The van der Waals surface area contributed by atoms with E-state index in [1.54, 1.807) is 0 Å². The Hall–Kier alpha value is -1.60. The van der Waals surface area contributed by atoms with Crippen LogP contribution in [-0.2, 0) is 9.53 Å². The van der Waals surface area contributed by atoms with Crippen molar-refractivity contribution >= 4 is 12.1 Å². The second-order valence-electron chi connectivity index (χ2n) is 3.37. The monoisotopic (exact) mass is 231 g/mol. The number of aliphatic hydroxyl groups excluding tert-OH is 1. The highest BCUT2D eigenvalue weighted by molar-refractivity contribution is 5.81. The van der Waals surface area contributed by atoms with E-state index in [0.717, 1.165) is 0 Å². The highest BCUT2D eigenvalue weighted by Gasteiger charge is 2.48. The van der Waals surface area contributed by atoms with Crippen molar-refractivity contribution in [2.24, 2.45) is 0 Å². The Bertz CT molecular complexity index is 304. The number of likely N-dealkylation sites (tertiary alicyclic amines) is 1. The average Bonchev–Trinajstić information content (AvgIpc) is 2.53. The normalized spacial score (nSPS) is 29.1. The molecule has 16 heavy (non-hydrogen) atoms. The largest absolute Gasteiger partial charge is 0.480 e. The lowest BCUT2D eigenvalue weighted by Gasteiger charge is -2.18. The first kappa shape index (κ1) is 12.5. The fraction of sp³-hybridized carbons (Fsp3) is 0.556. The molecule has 0 aliphatic carbocycles. The molecule has 1 aliphatic heterocycles. The fourth-order valence-corrected chi connectivity index (χ4v) is 1.62. The molecule has 7 heteroatoms. The molecule has 1 aliphatic rings. The van der Waals surface area contributed by atoms with E-state index in [1.807, 2.05) is 0 Å². The summed E-state index contributed by atoms with van der Waals surface area (Å²) in [5, 5.41) is 27.2. The summed E-state index contributed by atoms with van der Waals surface area (Å²) in [4.78, 5) is 22.2. The third-order valence-electron chi connectivity index (χ3n) is 2.34. The molecule has 0 aromatic carbocycles. The highest BCUT2D eigenvalue weighted by atomic mass is 16.5. The van der Waals surface area contributed by atoms with Crippen molar-refractivity contribution in [3.8, 4) is 0 Å². The Morgan fingerprint density at radius 1 is 1.50 bits per heavy atom. The van der Waals surface area contributed by atoms with Crippen LogP contribution in [0.25, 0.3) is 0 Å². The van der Waals surface area contributed by atoms with Gasteiger partial charge >= 0.3 is 12.1 Å². The zero-order chi connectivity index (χ0) is 12.3. The zero-order valence-corrected chi connectivity index (χ0v) is 8.44. The van der Waals surface area contributed by atoms with Crippen molar-refractivity contribution in [2.45, 2.75) is 18.2 Å². The number of carboxylic acid groups (broad SMARTS) is 2. The molecule has 1 heterocycles. The zero-order valence-electron chi connectivity index (χ0n) is 8.44. The third-order valence-corrected chi connectivity index (χ3v) is 2.34. The summed E-state index contributed by atoms with van der Waals surface area (Å²) in [6.45, 7) is 3.36. The maximum Gasteiger partial charge on any atom is 0.408 e. The van der Waals surface area contributed by atoms with Crippen LogP contribution in [0.3, 0.4) is 0 Å². The minimum atomic E-state index is -1.48. The van der Waals surface area contributed by atoms with Crippen molar-refractivity contribution < 1.29 is 29.6 Å². The van der Waals surface area contributed by atoms with Gasteiger partial charge in [-0.05, 0) is 0 Å². The topological polar surface area (TPSA) is 107 Å². The number of rotatable bonds is 4. The number of hydrogen-bond donors (Lipinski definition) is 3. The average molecular weight is 231 g/mol. The van der Waals surface area contributed by atoms with E-state index in [1.165, 1.54) is 6.08 Å². The predicted molar refractivity (Wildman–Crippen MR) is 52.1 cm³/mol. The van der Waals surface area contributed by atoms with Gasteiger partial charge in [0.1, 0.15) is 12.2 Å². The van der Waals surface area contributed by atoms with Crippen LogP contribution in [0, 0.1) is 0 Å². The Balaban J connectivity index is 2.78. The highest BCUT2D eigenvalue weighted by Crippen LogP contribution is 2.21. The van der Waals surface area contributed by atoms with Gasteiger partial charge in [-0.1, -0.05) is 6.08 Å². The molecule has 1 fully saturated rings. The molecule has 3 N–H and O–H groups in total. The van der Waals surface area contributed by atoms with Crippen LogP contribution in [0.15, 0.2) is 12.7 Å². The second-order valence-corrected chi connectivity index (χ2v) is 3.37. The molecular formula is C9H13NO6. The minimum absolute atomic E-state index is 0.127. The minimum Gasteiger partial charge on any atom is -0.480 e. The van der Waals surface area contributed by atoms with E-state index in [-0.39, 0.29) is 13.2 Å². The maximum absolute atomic E-state index is 10.8. The molecule has 3 atom stereocenters. The van der Waals surface area contributed by atoms with Crippen molar-refractivity contribution in [2.75, 3.05) is 13.2 Å². The lowest BCUT2D eigenvalue weighted by Crippen LogP contribution is -2.44. The van der Waals surface area contributed by atoms with Crippen molar-refractivity contribution in [3.63, 3.8) is 0 Å². The molecule has 0 saturated carbocycles. The molecular weight excluding hydrogens is 218 g/mol. The summed E-state index contributed by atoms with van der Waals surface area (Å²) in [5.74, 6) is -1.39. The Kier molecular flexibility index (Phi) is 3.86. The first-order valence-corrected chi connectivity index (χ1v) is 4.62. The number of amides is 1. The number of hydrogen-bond acceptors (Lipinski definition) is 4. The van der Waals surface area contributed by atoms with Crippen LogP contribution < -0.4 is 0 Å². The van der Waals surface area contributed by atoms with E-state index >= 15 is 0 Å². The molecule has 3 unspecified atom stereocenters. The molecule has 1 rings (SSSR count). The number of aliphatic hydroxyl groups is 1. The Morgan fingerprint density at radius 2 is 2.12 bits per heavy atom. The van der Waals surface area contributed by atoms with Gasteiger partial charge in [-0.2, -0.15) is 0 Å². The lowest BCUT2D eigenvalue weighted by atomic mass is 10.1. The van der Waals surface area contributed by atoms with Gasteiger partial charge in [-0.25, -0.2) is 9.59 Å². The summed E-state index contributed by atoms with van der Waals surface area (Å²) in [7, 11) is 0. The standard InChI is InChI=1S/C9H13NO6/c1-2-3-16-5-4-10(9(14)15)6(7(5)11)8(12)13/h2,5-7,11H,1,3-4H2,(H,12,13)(H,14,15). The molecule has 0 aromatic heterocycles. The predicted octanol–water partition coefficient (Wildman–Crippen LogP) is -0.635. The van der Waals surface area contributed by atoms with Gasteiger partial charge < -0.3 is 20.1 Å². The van der Waals surface area contributed by atoms with E-state index in [0.29, 0.717) is 4.90 Å². The van der Waals surface area contributed by atoms with E-state index in [2.05, 4.69) is 6.58 Å². The van der Waals surface area contributed by atoms with Crippen LogP contribution >= 0.6 is 0 Å². The first-order chi connectivity index (χ1) is 7.49. The van der Waals surface area contributed by atoms with Crippen LogP contribution in [0.2, 0.25) is 0 Å². The van der Waals surface area contributed by atoms with E-state index in [9.17, 15) is 14.7 Å². The van der Waals surface area contributed by atoms with Crippen molar-refractivity contribution in [1.82, 2.24) is 4.90 Å². The quantitative estimate of drug-likeness (QED) is 0.556. The Labute approximate surface area is 91.5 Å². The Morgan fingerprint density at radius 3 is 2.50 bits per heavy atom.